The Morgan fingerprint density at radius 3 is 2.75 bits per heavy atom. The van der Waals surface area contributed by atoms with E-state index in [1.165, 1.54) is 82.4 Å². The second-order valence-electron chi connectivity index (χ2n) is 10.6. The first-order valence-electron chi connectivity index (χ1n) is 12.6. The molecule has 1 aromatic carbocycles. The molecule has 0 unspecified atom stereocenters. The summed E-state index contributed by atoms with van der Waals surface area (Å²) in [5, 5.41) is 7.68. The van der Waals surface area contributed by atoms with E-state index in [9.17, 15) is 0 Å². The summed E-state index contributed by atoms with van der Waals surface area (Å²) in [4.78, 5) is 3.94. The smallest absolute Gasteiger partial charge is 0.159 e. The Labute approximate surface area is 202 Å². The van der Waals surface area contributed by atoms with Crippen LogP contribution in [0.3, 0.4) is 0 Å². The van der Waals surface area contributed by atoms with Gasteiger partial charge >= 0.3 is 0 Å². The monoisotopic (exact) mass is 463 g/mol. The zero-order chi connectivity index (χ0) is 22.9. The number of aromatic nitrogens is 3. The van der Waals surface area contributed by atoms with Crippen LogP contribution in [0.5, 0.6) is 0 Å². The van der Waals surface area contributed by atoms with Gasteiger partial charge in [0.25, 0.3) is 0 Å². The van der Waals surface area contributed by atoms with Crippen LogP contribution in [0.4, 0.5) is 0 Å². The summed E-state index contributed by atoms with van der Waals surface area (Å²) >= 11 is 0. The molecule has 9 heterocycles. The third-order valence-electron chi connectivity index (χ3n) is 9.02. The van der Waals surface area contributed by atoms with Gasteiger partial charge in [0.2, 0.25) is 0 Å². The minimum atomic E-state index is 0.550. The number of nitrogens with one attached hydrogen (secondary N) is 1. The number of hydrogen-bond acceptors (Lipinski definition) is 2. The summed E-state index contributed by atoms with van der Waals surface area (Å²) in [6.45, 7) is 0.550. The molecule has 0 fully saturated rings. The first-order chi connectivity index (χ1) is 17.9. The lowest BCUT2D eigenvalue weighted by Crippen LogP contribution is -2.14. The van der Waals surface area contributed by atoms with Crippen LogP contribution in [0.1, 0.15) is 22.5 Å². The third-order valence-corrected chi connectivity index (χ3v) is 9.02. The van der Waals surface area contributed by atoms with E-state index >= 15 is 0 Å². The molecule has 5 heteroatoms. The van der Waals surface area contributed by atoms with Crippen molar-refractivity contribution in [2.45, 2.75) is 19.4 Å². The molecule has 7 aromatic heterocycles. The summed E-state index contributed by atoms with van der Waals surface area (Å²) < 4.78 is 17.5. The zero-order valence-electron chi connectivity index (χ0n) is 19.1. The molecular weight excluding hydrogens is 446 g/mol. The van der Waals surface area contributed by atoms with Crippen molar-refractivity contribution in [3.8, 4) is 0 Å². The van der Waals surface area contributed by atoms with Crippen molar-refractivity contribution in [2.75, 3.05) is 0 Å². The van der Waals surface area contributed by atoms with Gasteiger partial charge in [-0.1, -0.05) is 18.2 Å². The van der Waals surface area contributed by atoms with Gasteiger partial charge < -0.3 is 22.9 Å². The summed E-state index contributed by atoms with van der Waals surface area (Å²) in [5.74, 6) is 0. The summed E-state index contributed by atoms with van der Waals surface area (Å²) in [6.07, 6.45) is 8.10. The fraction of sp³-hybridized carbons (Fsp3) is 0.0968. The quantitative estimate of drug-likeness (QED) is 0.210. The number of pyridine rings is 3. The van der Waals surface area contributed by atoms with Crippen molar-refractivity contribution in [3.63, 3.8) is 0 Å². The van der Waals surface area contributed by atoms with Gasteiger partial charge in [0.15, 0.2) is 5.58 Å². The Hall–Kier alpha value is -4.64. The van der Waals surface area contributed by atoms with E-state index in [2.05, 4.69) is 62.3 Å². The van der Waals surface area contributed by atoms with Crippen LogP contribution in [-0.2, 0) is 24.2 Å². The van der Waals surface area contributed by atoms with E-state index < -0.39 is 0 Å². The number of benzene rings is 1. The number of nitrogens with zero attached hydrogens (tertiary/aromatic N) is 2. The first kappa shape index (κ1) is 16.9. The van der Waals surface area contributed by atoms with E-state index in [1.54, 1.807) is 0 Å². The minimum Gasteiger partial charge on any atom is -0.495 e. The second-order valence-corrected chi connectivity index (χ2v) is 10.6. The molecule has 5 nitrogen and oxygen atoms in total. The standard InChI is InChI=1S/C31H17N3O2/c1-2-14-12-36-31-23-9-8-21-15-10-19-29-27-25-17(5-6-18(25)22-7-4-16(33(22)29)13-35-11-15)20(3-1)32-28(27)26(24(14)31)30(19)34(21)23/h1-4,6-9,11-12,32H,5,10,13H2. The molecule has 0 saturated heterocycles. The number of furan rings is 1. The molecule has 0 spiro atoms. The van der Waals surface area contributed by atoms with Crippen molar-refractivity contribution in [1.29, 1.82) is 0 Å². The molecule has 1 N–H and O–H groups in total. The Balaban J connectivity index is 1.68. The predicted octanol–water partition coefficient (Wildman–Crippen LogP) is 6.36. The molecule has 2 aliphatic heterocycles. The number of allylic oxidation sites excluding steroid dienone is 1. The van der Waals surface area contributed by atoms with E-state index in [4.69, 9.17) is 9.15 Å². The number of aromatic amines is 1. The average molecular weight is 463 g/mol. The molecule has 8 aromatic rings. The maximum atomic E-state index is 6.31. The highest BCUT2D eigenvalue weighted by Crippen LogP contribution is 2.48. The average Bonchev–Trinajstić information content (AvgIpc) is 3.66. The Morgan fingerprint density at radius 1 is 0.833 bits per heavy atom. The molecule has 0 atom stereocenters. The van der Waals surface area contributed by atoms with Crippen molar-refractivity contribution < 1.29 is 9.15 Å². The Morgan fingerprint density at radius 2 is 1.75 bits per heavy atom. The van der Waals surface area contributed by atoms with Gasteiger partial charge in [0, 0.05) is 55.2 Å². The van der Waals surface area contributed by atoms with Gasteiger partial charge in [-0.15, -0.1) is 0 Å². The molecule has 0 radical (unpaired) electrons. The van der Waals surface area contributed by atoms with Crippen molar-refractivity contribution >= 4 is 77.3 Å². The molecule has 11 rings (SSSR count). The van der Waals surface area contributed by atoms with Gasteiger partial charge in [0.1, 0.15) is 6.61 Å². The van der Waals surface area contributed by atoms with Gasteiger partial charge in [-0.05, 0) is 42.3 Å². The number of fused-ring (bicyclic) bond motifs is 6. The number of H-pyrrole nitrogens is 1. The minimum absolute atomic E-state index is 0.550. The maximum absolute atomic E-state index is 6.31. The normalized spacial score (nSPS) is 16.1. The van der Waals surface area contributed by atoms with E-state index in [0.29, 0.717) is 6.61 Å². The summed E-state index contributed by atoms with van der Waals surface area (Å²) in [5.41, 5.74) is 14.7. The Bertz CT molecular complexity index is 2470. The lowest BCUT2D eigenvalue weighted by Gasteiger charge is -2.24. The van der Waals surface area contributed by atoms with Crippen molar-refractivity contribution in [1.82, 2.24) is 13.8 Å². The van der Waals surface area contributed by atoms with Crippen LogP contribution in [-0.4, -0.2) is 13.8 Å². The number of ether oxygens (including phenoxy) is 1. The van der Waals surface area contributed by atoms with Gasteiger partial charge in [-0.25, -0.2) is 0 Å². The van der Waals surface area contributed by atoms with Crippen molar-refractivity contribution in [3.05, 3.63) is 82.7 Å². The lowest BCUT2D eigenvalue weighted by molar-refractivity contribution is 0.233. The molecule has 1 aliphatic carbocycles. The first-order valence-corrected chi connectivity index (χ1v) is 12.6. The SMILES string of the molecule is C1=C2Cc3c4c5c6c(c7cccc8coc9c8c(c5[nH]7)c3n3c2ccc93)CC=c6c2ccc(n24)CO1. The molecule has 36 heavy (non-hydrogen) atoms. The van der Waals surface area contributed by atoms with Crippen LogP contribution in [0.15, 0.2) is 59.4 Å². The van der Waals surface area contributed by atoms with Gasteiger partial charge in [-0.3, -0.25) is 0 Å². The van der Waals surface area contributed by atoms with Crippen LogP contribution < -0.4 is 5.22 Å². The van der Waals surface area contributed by atoms with Gasteiger partial charge in [0.05, 0.1) is 51.5 Å². The Kier molecular flexibility index (Phi) is 2.41. The predicted molar refractivity (Wildman–Crippen MR) is 142 cm³/mol. The maximum Gasteiger partial charge on any atom is 0.159 e. The van der Waals surface area contributed by atoms with Gasteiger partial charge in [-0.2, -0.15) is 0 Å². The fourth-order valence-corrected chi connectivity index (χ4v) is 7.70. The molecule has 3 aliphatic rings. The highest BCUT2D eigenvalue weighted by Gasteiger charge is 2.32. The number of rotatable bonds is 0. The van der Waals surface area contributed by atoms with Crippen LogP contribution in [0.25, 0.3) is 77.3 Å². The molecular formula is C31H17N3O2. The molecule has 0 amide bonds. The van der Waals surface area contributed by atoms with E-state index in [0.717, 1.165) is 29.3 Å². The number of hydrogen-bond donors (Lipinski definition) is 1. The molecule has 4 bridgehead atoms. The van der Waals surface area contributed by atoms with E-state index in [-0.39, 0.29) is 0 Å². The van der Waals surface area contributed by atoms with E-state index in [1.807, 2.05) is 12.5 Å². The fourth-order valence-electron chi connectivity index (χ4n) is 7.70. The van der Waals surface area contributed by atoms with Crippen LogP contribution in [0, 0.1) is 0 Å². The summed E-state index contributed by atoms with van der Waals surface area (Å²) in [7, 11) is 0. The largest absolute Gasteiger partial charge is 0.495 e. The molecule has 168 valence electrons. The zero-order valence-corrected chi connectivity index (χ0v) is 19.1. The highest BCUT2D eigenvalue weighted by molar-refractivity contribution is 6.33. The topological polar surface area (TPSA) is 47.0 Å². The highest BCUT2D eigenvalue weighted by atomic mass is 16.5. The van der Waals surface area contributed by atoms with Crippen molar-refractivity contribution in [2.24, 2.45) is 0 Å². The third kappa shape index (κ3) is 1.55. The van der Waals surface area contributed by atoms with Crippen LogP contribution in [0.2, 0.25) is 0 Å². The second kappa shape index (κ2) is 5.14. The molecule has 0 saturated carbocycles. The summed E-state index contributed by atoms with van der Waals surface area (Å²) in [6, 6.07) is 15.6. The van der Waals surface area contributed by atoms with Crippen LogP contribution >= 0.6 is 0 Å². The lowest BCUT2D eigenvalue weighted by atomic mass is 9.90.